The third-order valence-electron chi connectivity index (χ3n) is 2.47. The van der Waals surface area contributed by atoms with Gasteiger partial charge in [0.15, 0.2) is 0 Å². The van der Waals surface area contributed by atoms with Crippen LogP contribution in [-0.2, 0) is 4.79 Å². The quantitative estimate of drug-likeness (QED) is 0.624. The molecule has 1 amide bonds. The molecule has 3 nitrogen and oxygen atoms in total. The number of amides is 1. The van der Waals surface area contributed by atoms with Gasteiger partial charge >= 0.3 is 0 Å². The number of rotatable bonds is 6. The Morgan fingerprint density at radius 1 is 1.54 bits per heavy atom. The molecule has 1 N–H and O–H groups in total. The fraction of sp³-hybridized carbons (Fsp3) is 0.900. The summed E-state index contributed by atoms with van der Waals surface area (Å²) in [4.78, 5) is 13.7. The van der Waals surface area contributed by atoms with Crippen LogP contribution in [0.4, 0.5) is 0 Å². The summed E-state index contributed by atoms with van der Waals surface area (Å²) in [5.74, 6) is 0.334. The average Bonchev–Trinajstić information content (AvgIpc) is 2.90. The predicted molar refractivity (Wildman–Crippen MR) is 53.6 cm³/mol. The van der Waals surface area contributed by atoms with Crippen LogP contribution < -0.4 is 5.32 Å². The Hall–Kier alpha value is -0.570. The van der Waals surface area contributed by atoms with Crippen molar-refractivity contribution in [2.45, 2.75) is 38.6 Å². The average molecular weight is 184 g/mol. The maximum atomic E-state index is 11.6. The number of hydrogen-bond donors (Lipinski definition) is 1. The molecule has 0 heterocycles. The number of hydrogen-bond acceptors (Lipinski definition) is 2. The van der Waals surface area contributed by atoms with Gasteiger partial charge in [-0.25, -0.2) is 0 Å². The standard InChI is InChI=1S/C10H20N2O/c1-3-12(9-6-7-9)10(13)5-4-8-11-2/h9,11H,3-8H2,1-2H3. The van der Waals surface area contributed by atoms with E-state index in [1.807, 2.05) is 11.9 Å². The van der Waals surface area contributed by atoms with Crippen LogP contribution in [0.1, 0.15) is 32.6 Å². The molecular formula is C10H20N2O. The van der Waals surface area contributed by atoms with E-state index in [-0.39, 0.29) is 0 Å². The van der Waals surface area contributed by atoms with E-state index in [4.69, 9.17) is 0 Å². The van der Waals surface area contributed by atoms with E-state index in [9.17, 15) is 4.79 Å². The van der Waals surface area contributed by atoms with Crippen molar-refractivity contribution < 1.29 is 4.79 Å². The highest BCUT2D eigenvalue weighted by Crippen LogP contribution is 2.27. The summed E-state index contributed by atoms with van der Waals surface area (Å²) < 4.78 is 0. The van der Waals surface area contributed by atoms with Crippen molar-refractivity contribution in [2.75, 3.05) is 20.1 Å². The molecule has 0 spiro atoms. The Bertz CT molecular complexity index is 166. The molecule has 13 heavy (non-hydrogen) atoms. The number of nitrogens with zero attached hydrogens (tertiary/aromatic N) is 1. The smallest absolute Gasteiger partial charge is 0.222 e. The van der Waals surface area contributed by atoms with Crippen molar-refractivity contribution in [3.63, 3.8) is 0 Å². The van der Waals surface area contributed by atoms with Crippen molar-refractivity contribution in [3.05, 3.63) is 0 Å². The van der Waals surface area contributed by atoms with E-state index in [1.54, 1.807) is 0 Å². The summed E-state index contributed by atoms with van der Waals surface area (Å²) >= 11 is 0. The Balaban J connectivity index is 2.19. The van der Waals surface area contributed by atoms with Crippen molar-refractivity contribution >= 4 is 5.91 Å². The van der Waals surface area contributed by atoms with Gasteiger partial charge in [0, 0.05) is 19.0 Å². The molecule has 0 aromatic carbocycles. The summed E-state index contributed by atoms with van der Waals surface area (Å²) in [6.07, 6.45) is 4.08. The molecule has 1 rings (SSSR count). The van der Waals surface area contributed by atoms with Gasteiger partial charge in [-0.15, -0.1) is 0 Å². The van der Waals surface area contributed by atoms with Gasteiger partial charge in [-0.05, 0) is 39.8 Å². The molecule has 76 valence electrons. The molecule has 3 heteroatoms. The first-order valence-electron chi connectivity index (χ1n) is 5.23. The monoisotopic (exact) mass is 184 g/mol. The van der Waals surface area contributed by atoms with Crippen molar-refractivity contribution in [1.82, 2.24) is 10.2 Å². The van der Waals surface area contributed by atoms with Gasteiger partial charge in [-0.1, -0.05) is 0 Å². The van der Waals surface area contributed by atoms with Gasteiger partial charge in [0.25, 0.3) is 0 Å². The third-order valence-corrected chi connectivity index (χ3v) is 2.47. The lowest BCUT2D eigenvalue weighted by Crippen LogP contribution is -2.33. The summed E-state index contributed by atoms with van der Waals surface area (Å²) in [6.45, 7) is 3.88. The Morgan fingerprint density at radius 2 is 2.23 bits per heavy atom. The lowest BCUT2D eigenvalue weighted by molar-refractivity contribution is -0.131. The molecule has 1 fully saturated rings. The first-order chi connectivity index (χ1) is 6.29. The van der Waals surface area contributed by atoms with E-state index < -0.39 is 0 Å². The highest BCUT2D eigenvalue weighted by atomic mass is 16.2. The lowest BCUT2D eigenvalue weighted by atomic mass is 10.2. The minimum atomic E-state index is 0.334. The second kappa shape index (κ2) is 5.22. The Labute approximate surface area is 80.5 Å². The van der Waals surface area contributed by atoms with Crippen LogP contribution >= 0.6 is 0 Å². The molecule has 0 aromatic rings. The van der Waals surface area contributed by atoms with Crippen LogP contribution in [0.15, 0.2) is 0 Å². The van der Waals surface area contributed by atoms with Crippen LogP contribution in [0.5, 0.6) is 0 Å². The molecule has 0 saturated heterocycles. The van der Waals surface area contributed by atoms with Crippen molar-refractivity contribution in [2.24, 2.45) is 0 Å². The topological polar surface area (TPSA) is 32.3 Å². The molecule has 0 atom stereocenters. The van der Waals surface area contributed by atoms with Gasteiger partial charge in [-0.2, -0.15) is 0 Å². The summed E-state index contributed by atoms with van der Waals surface area (Å²) in [7, 11) is 1.92. The minimum absolute atomic E-state index is 0.334. The number of carbonyl (C=O) groups excluding carboxylic acids is 1. The molecule has 0 unspecified atom stereocenters. The normalized spacial score (nSPS) is 15.8. The van der Waals surface area contributed by atoms with Gasteiger partial charge < -0.3 is 10.2 Å². The lowest BCUT2D eigenvalue weighted by Gasteiger charge is -2.20. The van der Waals surface area contributed by atoms with E-state index in [2.05, 4.69) is 12.2 Å². The van der Waals surface area contributed by atoms with Crippen molar-refractivity contribution in [3.8, 4) is 0 Å². The van der Waals surface area contributed by atoms with E-state index in [0.717, 1.165) is 19.5 Å². The molecule has 1 aliphatic rings. The van der Waals surface area contributed by atoms with E-state index in [1.165, 1.54) is 12.8 Å². The Morgan fingerprint density at radius 3 is 2.69 bits per heavy atom. The Kier molecular flexibility index (Phi) is 4.22. The molecule has 0 aromatic heterocycles. The van der Waals surface area contributed by atoms with E-state index >= 15 is 0 Å². The highest BCUT2D eigenvalue weighted by molar-refractivity contribution is 5.76. The van der Waals surface area contributed by atoms with Gasteiger partial charge in [0.05, 0.1) is 0 Å². The predicted octanol–water partition coefficient (Wildman–Crippen LogP) is 0.997. The minimum Gasteiger partial charge on any atom is -0.340 e. The fourth-order valence-electron chi connectivity index (χ4n) is 1.58. The number of carbonyl (C=O) groups is 1. The molecule has 1 aliphatic carbocycles. The van der Waals surface area contributed by atoms with Gasteiger partial charge in [0.1, 0.15) is 0 Å². The molecule has 0 bridgehead atoms. The van der Waals surface area contributed by atoms with Crippen LogP contribution in [0.25, 0.3) is 0 Å². The summed E-state index contributed by atoms with van der Waals surface area (Å²) in [5, 5.41) is 3.05. The maximum absolute atomic E-state index is 11.6. The van der Waals surface area contributed by atoms with Crippen LogP contribution in [0.2, 0.25) is 0 Å². The second-order valence-corrected chi connectivity index (χ2v) is 3.62. The highest BCUT2D eigenvalue weighted by Gasteiger charge is 2.30. The summed E-state index contributed by atoms with van der Waals surface area (Å²) in [6, 6.07) is 0.576. The van der Waals surface area contributed by atoms with Crippen LogP contribution in [-0.4, -0.2) is 37.0 Å². The second-order valence-electron chi connectivity index (χ2n) is 3.62. The largest absolute Gasteiger partial charge is 0.340 e. The SMILES string of the molecule is CCN(C(=O)CCCNC)C1CC1. The van der Waals surface area contributed by atoms with Crippen LogP contribution in [0.3, 0.4) is 0 Å². The fourth-order valence-corrected chi connectivity index (χ4v) is 1.58. The zero-order valence-electron chi connectivity index (χ0n) is 8.68. The maximum Gasteiger partial charge on any atom is 0.222 e. The zero-order valence-corrected chi connectivity index (χ0v) is 8.68. The number of nitrogens with one attached hydrogen (secondary N) is 1. The third kappa shape index (κ3) is 3.35. The molecule has 0 aliphatic heterocycles. The summed E-state index contributed by atoms with van der Waals surface area (Å²) in [5.41, 5.74) is 0. The van der Waals surface area contributed by atoms with Crippen LogP contribution in [0, 0.1) is 0 Å². The van der Waals surface area contributed by atoms with Crippen molar-refractivity contribution in [1.29, 1.82) is 0 Å². The molecular weight excluding hydrogens is 164 g/mol. The molecule has 1 saturated carbocycles. The first-order valence-corrected chi connectivity index (χ1v) is 5.23. The zero-order chi connectivity index (χ0) is 9.68. The van der Waals surface area contributed by atoms with E-state index in [0.29, 0.717) is 18.4 Å². The van der Waals surface area contributed by atoms with Gasteiger partial charge in [-0.3, -0.25) is 4.79 Å². The first kappa shape index (κ1) is 10.5. The molecule has 0 radical (unpaired) electrons. The van der Waals surface area contributed by atoms with Gasteiger partial charge in [0.2, 0.25) is 5.91 Å².